The molecule has 14 heavy (non-hydrogen) atoms. The standard InChI is InChI=1S/C7H6F3N2O2/c1-4(6(13)14)12-3-2-5(11-12)7(8,9)10/h3-4H,1H3,(H,13,14). The van der Waals surface area contributed by atoms with Gasteiger partial charge in [0.1, 0.15) is 6.04 Å². The minimum Gasteiger partial charge on any atom is -0.480 e. The second-order valence-corrected chi connectivity index (χ2v) is 2.61. The van der Waals surface area contributed by atoms with E-state index < -0.39 is 23.9 Å². The van der Waals surface area contributed by atoms with Crippen LogP contribution in [0.25, 0.3) is 0 Å². The van der Waals surface area contributed by atoms with E-state index in [1.54, 1.807) is 0 Å². The van der Waals surface area contributed by atoms with Gasteiger partial charge >= 0.3 is 12.1 Å². The van der Waals surface area contributed by atoms with Gasteiger partial charge in [-0.2, -0.15) is 18.3 Å². The molecule has 0 fully saturated rings. The maximum absolute atomic E-state index is 12.0. The molecule has 1 radical (unpaired) electrons. The first kappa shape index (κ1) is 10.6. The van der Waals surface area contributed by atoms with Crippen molar-refractivity contribution in [3.8, 4) is 0 Å². The molecule has 0 aromatic carbocycles. The van der Waals surface area contributed by atoms with Crippen molar-refractivity contribution in [2.75, 3.05) is 0 Å². The van der Waals surface area contributed by atoms with Crippen molar-refractivity contribution in [1.29, 1.82) is 0 Å². The number of carbonyl (C=O) groups is 1. The molecule has 0 amide bonds. The van der Waals surface area contributed by atoms with Gasteiger partial charge in [0.15, 0.2) is 5.69 Å². The molecule has 0 aliphatic heterocycles. The number of carboxylic acid groups (broad SMARTS) is 1. The number of nitrogens with zero attached hydrogens (tertiary/aromatic N) is 2. The van der Waals surface area contributed by atoms with Gasteiger partial charge in [0.2, 0.25) is 0 Å². The Morgan fingerprint density at radius 3 is 2.64 bits per heavy atom. The minimum absolute atomic E-state index is 0.700. The van der Waals surface area contributed by atoms with Gasteiger partial charge in [-0.1, -0.05) is 0 Å². The lowest BCUT2D eigenvalue weighted by atomic mass is 10.4. The molecule has 1 N–H and O–H groups in total. The fourth-order valence-corrected chi connectivity index (χ4v) is 0.751. The van der Waals surface area contributed by atoms with Crippen molar-refractivity contribution < 1.29 is 23.1 Å². The molecule has 1 aromatic rings. The van der Waals surface area contributed by atoms with Crippen molar-refractivity contribution in [3.63, 3.8) is 0 Å². The van der Waals surface area contributed by atoms with Crippen LogP contribution in [0.3, 0.4) is 0 Å². The second-order valence-electron chi connectivity index (χ2n) is 2.61. The molecular formula is C7H6F3N2O2. The highest BCUT2D eigenvalue weighted by atomic mass is 19.4. The van der Waals surface area contributed by atoms with E-state index in [2.05, 4.69) is 5.10 Å². The van der Waals surface area contributed by atoms with Gasteiger partial charge in [0, 0.05) is 12.3 Å². The van der Waals surface area contributed by atoms with Gasteiger partial charge in [0.05, 0.1) is 0 Å². The number of aromatic nitrogens is 2. The van der Waals surface area contributed by atoms with E-state index in [9.17, 15) is 18.0 Å². The van der Waals surface area contributed by atoms with Crippen molar-refractivity contribution >= 4 is 5.97 Å². The van der Waals surface area contributed by atoms with E-state index in [1.165, 1.54) is 6.92 Å². The Kier molecular flexibility index (Phi) is 2.50. The Hall–Kier alpha value is -1.53. The second kappa shape index (κ2) is 3.32. The third kappa shape index (κ3) is 2.04. The SMILES string of the molecule is CC(C(=O)O)n1c[c]c(C(F)(F)F)n1. The van der Waals surface area contributed by atoms with Crippen LogP contribution < -0.4 is 0 Å². The molecule has 7 heteroatoms. The largest absolute Gasteiger partial charge is 0.480 e. The summed E-state index contributed by atoms with van der Waals surface area (Å²) in [5, 5.41) is 11.5. The molecule has 0 saturated heterocycles. The number of alkyl halides is 3. The van der Waals surface area contributed by atoms with Gasteiger partial charge in [-0.25, -0.2) is 4.79 Å². The zero-order valence-corrected chi connectivity index (χ0v) is 7.04. The highest BCUT2D eigenvalue weighted by molar-refractivity contribution is 5.71. The molecular weight excluding hydrogens is 201 g/mol. The first-order chi connectivity index (χ1) is 6.32. The van der Waals surface area contributed by atoms with Crippen LogP contribution >= 0.6 is 0 Å². The zero-order chi connectivity index (χ0) is 10.9. The molecule has 77 valence electrons. The van der Waals surface area contributed by atoms with Crippen LogP contribution in [0.1, 0.15) is 18.7 Å². The molecule has 0 bridgehead atoms. The Bertz CT molecular complexity index is 345. The molecule has 1 unspecified atom stereocenters. The number of aliphatic carboxylic acids is 1. The first-order valence-corrected chi connectivity index (χ1v) is 3.59. The number of hydrogen-bond acceptors (Lipinski definition) is 2. The third-order valence-corrected chi connectivity index (χ3v) is 1.57. The maximum atomic E-state index is 12.0. The first-order valence-electron chi connectivity index (χ1n) is 3.59. The number of hydrogen-bond donors (Lipinski definition) is 1. The molecule has 0 aliphatic carbocycles. The average Bonchev–Trinajstić information content (AvgIpc) is 2.49. The van der Waals surface area contributed by atoms with Gasteiger partial charge < -0.3 is 5.11 Å². The summed E-state index contributed by atoms with van der Waals surface area (Å²) in [4.78, 5) is 10.4. The lowest BCUT2D eigenvalue weighted by molar-refractivity contribution is -0.144. The number of halogens is 3. The summed E-state index contributed by atoms with van der Waals surface area (Å²) in [6, 6.07) is 0.708. The highest BCUT2D eigenvalue weighted by Crippen LogP contribution is 2.27. The highest BCUT2D eigenvalue weighted by Gasteiger charge is 2.34. The number of carboxylic acids is 1. The van der Waals surface area contributed by atoms with Gasteiger partial charge in [-0.15, -0.1) is 0 Å². The van der Waals surface area contributed by atoms with Crippen molar-refractivity contribution in [2.45, 2.75) is 19.1 Å². The van der Waals surface area contributed by atoms with Crippen LogP contribution in [0.15, 0.2) is 6.20 Å². The third-order valence-electron chi connectivity index (χ3n) is 1.57. The smallest absolute Gasteiger partial charge is 0.435 e. The van der Waals surface area contributed by atoms with Crippen LogP contribution in [0.4, 0.5) is 13.2 Å². The van der Waals surface area contributed by atoms with Gasteiger partial charge in [0.25, 0.3) is 0 Å². The summed E-state index contributed by atoms with van der Waals surface area (Å²) in [6.07, 6.45) is -3.73. The Balaban J connectivity index is 2.94. The summed E-state index contributed by atoms with van der Waals surface area (Å²) >= 11 is 0. The lowest BCUT2D eigenvalue weighted by Crippen LogP contribution is -2.17. The normalized spacial score (nSPS) is 14.0. The van der Waals surface area contributed by atoms with Gasteiger partial charge in [-0.05, 0) is 6.92 Å². The monoisotopic (exact) mass is 207 g/mol. The summed E-state index contributed by atoms with van der Waals surface area (Å²) in [5.41, 5.74) is -1.22. The van der Waals surface area contributed by atoms with E-state index in [1.807, 2.05) is 6.07 Å². The Morgan fingerprint density at radius 1 is 1.71 bits per heavy atom. The van der Waals surface area contributed by atoms with Crippen LogP contribution in [0.2, 0.25) is 0 Å². The Morgan fingerprint density at radius 2 is 2.29 bits per heavy atom. The lowest BCUT2D eigenvalue weighted by Gasteiger charge is -2.06. The summed E-state index contributed by atoms with van der Waals surface area (Å²) in [7, 11) is 0. The summed E-state index contributed by atoms with van der Waals surface area (Å²) < 4.78 is 36.7. The fourth-order valence-electron chi connectivity index (χ4n) is 0.751. The molecule has 0 saturated carbocycles. The Labute approximate surface area is 77.0 Å². The van der Waals surface area contributed by atoms with E-state index in [-0.39, 0.29) is 0 Å². The summed E-state index contributed by atoms with van der Waals surface area (Å²) in [6.45, 7) is 1.23. The molecule has 1 rings (SSSR count). The quantitative estimate of drug-likeness (QED) is 0.796. The zero-order valence-electron chi connectivity index (χ0n) is 7.04. The van der Waals surface area contributed by atoms with Crippen molar-refractivity contribution in [3.05, 3.63) is 18.0 Å². The van der Waals surface area contributed by atoms with Crippen molar-refractivity contribution in [2.24, 2.45) is 0 Å². The van der Waals surface area contributed by atoms with Crippen LogP contribution in [0, 0.1) is 6.07 Å². The molecule has 1 aromatic heterocycles. The van der Waals surface area contributed by atoms with E-state index in [4.69, 9.17) is 5.11 Å². The van der Waals surface area contributed by atoms with Crippen molar-refractivity contribution in [1.82, 2.24) is 9.78 Å². The summed E-state index contributed by atoms with van der Waals surface area (Å²) in [5.74, 6) is -1.25. The minimum atomic E-state index is -4.59. The average molecular weight is 207 g/mol. The van der Waals surface area contributed by atoms with Crippen LogP contribution in [-0.4, -0.2) is 20.9 Å². The van der Waals surface area contributed by atoms with Crippen LogP contribution in [-0.2, 0) is 11.0 Å². The predicted octanol–water partition coefficient (Wildman–Crippen LogP) is 1.35. The molecule has 1 atom stereocenters. The van der Waals surface area contributed by atoms with E-state index in [0.29, 0.717) is 4.68 Å². The number of rotatable bonds is 2. The van der Waals surface area contributed by atoms with Gasteiger partial charge in [-0.3, -0.25) is 4.68 Å². The predicted molar refractivity (Wildman–Crippen MR) is 38.4 cm³/mol. The van der Waals surface area contributed by atoms with Crippen LogP contribution in [0.5, 0.6) is 0 Å². The van der Waals surface area contributed by atoms with E-state index in [0.717, 1.165) is 6.20 Å². The molecule has 1 heterocycles. The fraction of sp³-hybridized carbons (Fsp3) is 0.429. The van der Waals surface area contributed by atoms with E-state index >= 15 is 0 Å². The molecule has 0 spiro atoms. The molecule has 4 nitrogen and oxygen atoms in total. The maximum Gasteiger partial charge on any atom is 0.435 e. The molecule has 0 aliphatic rings. The topological polar surface area (TPSA) is 55.1 Å².